The Morgan fingerprint density at radius 2 is 2.07 bits per heavy atom. The Morgan fingerprint density at radius 1 is 1.33 bits per heavy atom. The number of aryl methyl sites for hydroxylation is 1. The van der Waals surface area contributed by atoms with E-state index in [1.165, 1.54) is 0 Å². The molecule has 0 aliphatic heterocycles. The molecule has 2 rings (SSSR count). The number of rotatable bonds is 1. The van der Waals surface area contributed by atoms with E-state index < -0.39 is 5.92 Å². The third kappa shape index (κ3) is 2.07. The summed E-state index contributed by atoms with van der Waals surface area (Å²) >= 11 is 1.58. The van der Waals surface area contributed by atoms with Crippen molar-refractivity contribution in [3.05, 3.63) is 21.4 Å². The maximum absolute atomic E-state index is 13.7. The van der Waals surface area contributed by atoms with Crippen LogP contribution in [0.15, 0.2) is 6.07 Å². The summed E-state index contributed by atoms with van der Waals surface area (Å²) in [6.45, 7) is 4.12. The number of halogens is 2. The zero-order chi connectivity index (χ0) is 11.1. The van der Waals surface area contributed by atoms with E-state index in [2.05, 4.69) is 13.8 Å². The first-order valence-electron chi connectivity index (χ1n) is 5.51. The quantitative estimate of drug-likeness (QED) is 0.614. The molecular weight excluding hydrogens is 214 g/mol. The zero-order valence-electron chi connectivity index (χ0n) is 9.15. The van der Waals surface area contributed by atoms with Gasteiger partial charge in [-0.05, 0) is 31.2 Å². The molecular formula is C12H16F2S. The van der Waals surface area contributed by atoms with E-state index in [9.17, 15) is 8.78 Å². The van der Waals surface area contributed by atoms with E-state index in [1.54, 1.807) is 17.4 Å². The summed E-state index contributed by atoms with van der Waals surface area (Å²) in [5, 5.41) is 0. The minimum Gasteiger partial charge on any atom is -0.201 e. The molecule has 1 aliphatic rings. The molecule has 0 saturated carbocycles. The van der Waals surface area contributed by atoms with Gasteiger partial charge in [0.25, 0.3) is 5.92 Å². The monoisotopic (exact) mass is 230 g/mol. The van der Waals surface area contributed by atoms with Crippen molar-refractivity contribution in [2.45, 2.75) is 51.4 Å². The van der Waals surface area contributed by atoms with Crippen molar-refractivity contribution in [2.75, 3.05) is 0 Å². The molecule has 0 amide bonds. The topological polar surface area (TPSA) is 0 Å². The summed E-state index contributed by atoms with van der Waals surface area (Å²) in [5.74, 6) is -2.23. The molecule has 0 N–H and O–H groups in total. The van der Waals surface area contributed by atoms with E-state index in [4.69, 9.17) is 0 Å². The van der Waals surface area contributed by atoms with E-state index in [-0.39, 0.29) is 6.42 Å². The normalized spacial score (nSPS) is 20.1. The summed E-state index contributed by atoms with van der Waals surface area (Å²) in [4.78, 5) is 2.02. The van der Waals surface area contributed by atoms with Crippen molar-refractivity contribution in [3.8, 4) is 0 Å². The first-order valence-corrected chi connectivity index (χ1v) is 6.33. The van der Waals surface area contributed by atoms with Crippen LogP contribution in [0, 0.1) is 0 Å². The highest BCUT2D eigenvalue weighted by Crippen LogP contribution is 2.43. The van der Waals surface area contributed by atoms with Crippen LogP contribution in [0.3, 0.4) is 0 Å². The van der Waals surface area contributed by atoms with Gasteiger partial charge < -0.3 is 0 Å². The number of alkyl halides is 2. The summed E-state index contributed by atoms with van der Waals surface area (Å²) in [5.41, 5.74) is 0.314. The van der Waals surface area contributed by atoms with Crippen LogP contribution in [0.1, 0.15) is 54.3 Å². The highest BCUT2D eigenvalue weighted by molar-refractivity contribution is 7.12. The molecule has 1 aromatic heterocycles. The molecule has 0 atom stereocenters. The third-order valence-electron chi connectivity index (χ3n) is 2.94. The molecule has 3 heteroatoms. The van der Waals surface area contributed by atoms with Gasteiger partial charge in [0.2, 0.25) is 0 Å². The van der Waals surface area contributed by atoms with Crippen LogP contribution in [0.2, 0.25) is 0 Å². The Balaban J connectivity index is 2.43. The summed E-state index contributed by atoms with van der Waals surface area (Å²) in [6.07, 6.45) is 2.41. The summed E-state index contributed by atoms with van der Waals surface area (Å²) in [6, 6.07) is 1.73. The fourth-order valence-corrected chi connectivity index (χ4v) is 3.26. The fourth-order valence-electron chi connectivity index (χ4n) is 2.00. The number of hydrogen-bond donors (Lipinski definition) is 0. The molecule has 1 aliphatic carbocycles. The average molecular weight is 230 g/mol. The Morgan fingerprint density at radius 3 is 2.73 bits per heavy atom. The van der Waals surface area contributed by atoms with Crippen molar-refractivity contribution in [1.29, 1.82) is 0 Å². The molecule has 0 aromatic carbocycles. The van der Waals surface area contributed by atoms with Crippen molar-refractivity contribution in [1.82, 2.24) is 0 Å². The van der Waals surface area contributed by atoms with Crippen LogP contribution < -0.4 is 0 Å². The molecule has 0 unspecified atom stereocenters. The van der Waals surface area contributed by atoms with Gasteiger partial charge in [-0.1, -0.05) is 13.8 Å². The van der Waals surface area contributed by atoms with Crippen LogP contribution >= 0.6 is 11.3 Å². The highest BCUT2D eigenvalue weighted by Gasteiger charge is 2.36. The maximum atomic E-state index is 13.7. The maximum Gasteiger partial charge on any atom is 0.274 e. The van der Waals surface area contributed by atoms with Crippen molar-refractivity contribution < 1.29 is 8.78 Å². The molecule has 0 spiro atoms. The van der Waals surface area contributed by atoms with E-state index in [0.29, 0.717) is 17.9 Å². The van der Waals surface area contributed by atoms with Crippen LogP contribution in [0.5, 0.6) is 0 Å². The number of fused-ring (bicyclic) bond motifs is 1. The van der Waals surface area contributed by atoms with E-state index in [0.717, 1.165) is 22.6 Å². The number of thiophene rings is 1. The highest BCUT2D eigenvalue weighted by atomic mass is 32.1. The van der Waals surface area contributed by atoms with E-state index >= 15 is 0 Å². The number of hydrogen-bond acceptors (Lipinski definition) is 1. The Hall–Kier alpha value is -0.440. The van der Waals surface area contributed by atoms with Crippen LogP contribution in [0.4, 0.5) is 8.78 Å². The van der Waals surface area contributed by atoms with Gasteiger partial charge in [0.1, 0.15) is 0 Å². The molecule has 0 nitrogen and oxygen atoms in total. The minimum absolute atomic E-state index is 0.0221. The fraction of sp³-hybridized carbons (Fsp3) is 0.667. The van der Waals surface area contributed by atoms with Gasteiger partial charge >= 0.3 is 0 Å². The lowest BCUT2D eigenvalue weighted by molar-refractivity contribution is -0.0133. The second-order valence-corrected chi connectivity index (χ2v) is 5.72. The van der Waals surface area contributed by atoms with Gasteiger partial charge in [-0.3, -0.25) is 0 Å². The molecule has 84 valence electrons. The SMILES string of the molecule is CC(C)c1cc2c(s1)CCCCC2(F)F. The minimum atomic E-state index is -2.59. The smallest absolute Gasteiger partial charge is 0.201 e. The lowest BCUT2D eigenvalue weighted by Crippen LogP contribution is -2.11. The van der Waals surface area contributed by atoms with Gasteiger partial charge in [0.15, 0.2) is 0 Å². The molecule has 15 heavy (non-hydrogen) atoms. The molecule has 1 heterocycles. The largest absolute Gasteiger partial charge is 0.274 e. The van der Waals surface area contributed by atoms with Crippen molar-refractivity contribution >= 4 is 11.3 Å². The first-order chi connectivity index (χ1) is 7.00. The molecule has 0 fully saturated rings. The standard InChI is InChI=1S/C12H16F2S/c1-8(2)11-7-9-10(15-11)5-3-4-6-12(9,13)14/h7-8H,3-6H2,1-2H3. The van der Waals surface area contributed by atoms with Crippen LogP contribution in [0.25, 0.3) is 0 Å². The van der Waals surface area contributed by atoms with Crippen molar-refractivity contribution in [3.63, 3.8) is 0 Å². The molecule has 0 bridgehead atoms. The zero-order valence-corrected chi connectivity index (χ0v) is 9.96. The summed E-state index contributed by atoms with van der Waals surface area (Å²) in [7, 11) is 0. The third-order valence-corrected chi connectivity index (χ3v) is 4.43. The Kier molecular flexibility index (Phi) is 2.84. The lowest BCUT2D eigenvalue weighted by Gasteiger charge is -2.13. The molecule has 0 radical (unpaired) electrons. The predicted molar refractivity (Wildman–Crippen MR) is 59.9 cm³/mol. The van der Waals surface area contributed by atoms with E-state index in [1.807, 2.05) is 0 Å². The van der Waals surface area contributed by atoms with Gasteiger partial charge in [0.05, 0.1) is 0 Å². The lowest BCUT2D eigenvalue weighted by atomic mass is 10.1. The van der Waals surface area contributed by atoms with Gasteiger partial charge in [-0.15, -0.1) is 11.3 Å². The van der Waals surface area contributed by atoms with Crippen molar-refractivity contribution in [2.24, 2.45) is 0 Å². The van der Waals surface area contributed by atoms with Crippen LogP contribution in [-0.2, 0) is 12.3 Å². The van der Waals surface area contributed by atoms with Gasteiger partial charge in [-0.2, -0.15) is 0 Å². The summed E-state index contributed by atoms with van der Waals surface area (Å²) < 4.78 is 27.5. The Labute approximate surface area is 93.3 Å². The predicted octanol–water partition coefficient (Wildman–Crippen LogP) is 4.69. The second kappa shape index (κ2) is 3.85. The van der Waals surface area contributed by atoms with Gasteiger partial charge in [0, 0.05) is 21.7 Å². The van der Waals surface area contributed by atoms with Gasteiger partial charge in [-0.25, -0.2) is 8.78 Å². The van der Waals surface area contributed by atoms with Crippen LogP contribution in [-0.4, -0.2) is 0 Å². The molecule has 0 saturated heterocycles. The average Bonchev–Trinajstić information content (AvgIpc) is 2.52. The first kappa shape index (κ1) is 11.1. The Bertz CT molecular complexity index is 353. The second-order valence-electron chi connectivity index (χ2n) is 4.55. The molecule has 1 aromatic rings.